The first-order valence-corrected chi connectivity index (χ1v) is 15.5. The molecule has 4 amide bonds. The summed E-state index contributed by atoms with van der Waals surface area (Å²) >= 11 is 0. The number of carbonyl (C=O) groups excluding carboxylic acids is 5. The van der Waals surface area contributed by atoms with Crippen LogP contribution in [0.4, 0.5) is 0 Å². The van der Waals surface area contributed by atoms with E-state index in [-0.39, 0.29) is 35.1 Å². The summed E-state index contributed by atoms with van der Waals surface area (Å²) in [5.74, 6) is -2.80. The van der Waals surface area contributed by atoms with Gasteiger partial charge in [-0.05, 0) is 99.2 Å². The normalized spacial score (nSPS) is 15.3. The zero-order valence-corrected chi connectivity index (χ0v) is 26.9. The van der Waals surface area contributed by atoms with Crippen LogP contribution in [-0.4, -0.2) is 51.3 Å². The summed E-state index contributed by atoms with van der Waals surface area (Å²) in [7, 11) is 0. The van der Waals surface area contributed by atoms with Gasteiger partial charge in [0.2, 0.25) is 0 Å². The van der Waals surface area contributed by atoms with Crippen molar-refractivity contribution in [2.75, 3.05) is 0 Å². The Morgan fingerprint density at radius 3 is 1.02 bits per heavy atom. The first-order chi connectivity index (χ1) is 21.9. The zero-order chi connectivity index (χ0) is 33.0. The second-order valence-electron chi connectivity index (χ2n) is 12.6. The molecule has 0 fully saturated rings. The van der Waals surface area contributed by atoms with Gasteiger partial charge in [-0.15, -0.1) is 0 Å². The first kappa shape index (κ1) is 30.8. The Kier molecular flexibility index (Phi) is 7.80. The third-order valence-corrected chi connectivity index (χ3v) is 9.41. The average Bonchev–Trinajstić information content (AvgIpc) is 3.41. The van der Waals surface area contributed by atoms with Crippen LogP contribution in [0.1, 0.15) is 85.9 Å². The molecule has 0 unspecified atom stereocenters. The van der Waals surface area contributed by atoms with Gasteiger partial charge in [0.1, 0.15) is 12.1 Å². The number of imide groups is 2. The molecule has 0 bridgehead atoms. The second kappa shape index (κ2) is 11.6. The molecule has 7 heteroatoms. The Bertz CT molecular complexity index is 1730. The molecule has 0 saturated carbocycles. The average molecular weight is 613 g/mol. The number of benzene rings is 4. The molecule has 0 saturated heterocycles. The maximum atomic E-state index is 15.2. The predicted molar refractivity (Wildman–Crippen MR) is 175 cm³/mol. The molecule has 232 valence electrons. The predicted octanol–water partition coefficient (Wildman–Crippen LogP) is 6.22. The van der Waals surface area contributed by atoms with Gasteiger partial charge < -0.3 is 0 Å². The van der Waals surface area contributed by atoms with Crippen LogP contribution in [0.2, 0.25) is 0 Å². The van der Waals surface area contributed by atoms with Crippen LogP contribution in [-0.2, 0) is 17.6 Å². The number of carbonyl (C=O) groups is 5. The fraction of sp³-hybridized carbons (Fsp3) is 0.256. The van der Waals surface area contributed by atoms with Gasteiger partial charge in [0.05, 0.1) is 22.3 Å². The van der Waals surface area contributed by atoms with E-state index in [0.29, 0.717) is 0 Å². The third kappa shape index (κ3) is 5.06. The summed E-state index contributed by atoms with van der Waals surface area (Å²) in [5.41, 5.74) is 8.39. The topological polar surface area (TPSA) is 91.8 Å². The number of hydrogen-bond donors (Lipinski definition) is 0. The molecule has 0 radical (unpaired) electrons. The smallest absolute Gasteiger partial charge is 0.262 e. The summed E-state index contributed by atoms with van der Waals surface area (Å²) in [4.78, 5) is 73.0. The van der Waals surface area contributed by atoms with Crippen LogP contribution in [0.25, 0.3) is 0 Å². The minimum atomic E-state index is -1.27. The van der Waals surface area contributed by atoms with Gasteiger partial charge in [-0.25, -0.2) is 0 Å². The van der Waals surface area contributed by atoms with Crippen LogP contribution in [0.3, 0.4) is 0 Å². The van der Waals surface area contributed by atoms with Crippen molar-refractivity contribution in [2.24, 2.45) is 0 Å². The zero-order valence-electron chi connectivity index (χ0n) is 26.9. The lowest BCUT2D eigenvalue weighted by molar-refractivity contribution is -0.126. The van der Waals surface area contributed by atoms with Crippen molar-refractivity contribution >= 4 is 29.4 Å². The fourth-order valence-electron chi connectivity index (χ4n) is 7.29. The molecular formula is C39H36N2O5. The number of amides is 4. The van der Waals surface area contributed by atoms with Crippen molar-refractivity contribution < 1.29 is 24.0 Å². The van der Waals surface area contributed by atoms with Crippen LogP contribution < -0.4 is 0 Å². The highest BCUT2D eigenvalue weighted by Gasteiger charge is 2.49. The molecule has 0 N–H and O–H groups in total. The molecule has 0 aliphatic carbocycles. The van der Waals surface area contributed by atoms with Crippen LogP contribution in [0, 0.1) is 41.5 Å². The summed E-state index contributed by atoms with van der Waals surface area (Å²) < 4.78 is 0. The minimum Gasteiger partial charge on any atom is -0.295 e. The van der Waals surface area contributed by atoms with Crippen molar-refractivity contribution in [3.05, 3.63) is 140 Å². The van der Waals surface area contributed by atoms with Crippen LogP contribution >= 0.6 is 0 Å². The molecule has 46 heavy (non-hydrogen) atoms. The lowest BCUT2D eigenvalue weighted by Gasteiger charge is -2.33. The van der Waals surface area contributed by atoms with Crippen molar-refractivity contribution in [1.82, 2.24) is 9.80 Å². The fourth-order valence-corrected chi connectivity index (χ4v) is 7.29. The SMILES string of the molecule is Cc1cc(C)c(C[C@@H](C(=O)[C@H](Cc2c(C)cc(C)cc2C)N2C(=O)c3ccccc3C2=O)N2C(=O)c3ccccc3C2=O)c(C)c1. The number of nitrogens with zero attached hydrogens (tertiary/aromatic N) is 2. The van der Waals surface area contributed by atoms with Gasteiger partial charge in [0.15, 0.2) is 5.78 Å². The molecule has 6 rings (SSSR count). The number of hydrogen-bond acceptors (Lipinski definition) is 5. The van der Waals surface area contributed by atoms with E-state index in [9.17, 15) is 19.2 Å². The lowest BCUT2D eigenvalue weighted by Crippen LogP contribution is -2.56. The summed E-state index contributed by atoms with van der Waals surface area (Å²) in [6.45, 7) is 11.8. The number of aryl methyl sites for hydroxylation is 6. The summed E-state index contributed by atoms with van der Waals surface area (Å²) in [5, 5.41) is 0. The Hall–Kier alpha value is -5.17. The highest BCUT2D eigenvalue weighted by Crippen LogP contribution is 2.33. The number of Topliss-reactive ketones (excluding diaryl/α,β-unsaturated/α-hetero) is 1. The quantitative estimate of drug-likeness (QED) is 0.220. The number of fused-ring (bicyclic) bond motifs is 2. The molecular weight excluding hydrogens is 576 g/mol. The van der Waals surface area contributed by atoms with E-state index in [1.165, 1.54) is 0 Å². The molecule has 2 atom stereocenters. The molecule has 4 aromatic rings. The Morgan fingerprint density at radius 2 is 0.761 bits per heavy atom. The van der Waals surface area contributed by atoms with Gasteiger partial charge >= 0.3 is 0 Å². The third-order valence-electron chi connectivity index (χ3n) is 9.41. The van der Waals surface area contributed by atoms with Gasteiger partial charge in [-0.3, -0.25) is 33.8 Å². The van der Waals surface area contributed by atoms with Gasteiger partial charge in [-0.2, -0.15) is 0 Å². The Balaban J connectivity index is 1.52. The Labute approximate surface area is 268 Å². The first-order valence-electron chi connectivity index (χ1n) is 15.5. The van der Waals surface area contributed by atoms with Crippen molar-refractivity contribution in [3.63, 3.8) is 0 Å². The highest BCUT2D eigenvalue weighted by atomic mass is 16.2. The van der Waals surface area contributed by atoms with E-state index in [1.54, 1.807) is 48.5 Å². The van der Waals surface area contributed by atoms with E-state index in [4.69, 9.17) is 0 Å². The molecule has 7 nitrogen and oxygen atoms in total. The van der Waals surface area contributed by atoms with Crippen LogP contribution in [0.15, 0.2) is 72.8 Å². The number of ketones is 1. The van der Waals surface area contributed by atoms with Gasteiger partial charge in [-0.1, -0.05) is 59.7 Å². The Morgan fingerprint density at radius 1 is 0.500 bits per heavy atom. The van der Waals surface area contributed by atoms with Crippen LogP contribution in [0.5, 0.6) is 0 Å². The maximum absolute atomic E-state index is 15.2. The highest BCUT2D eigenvalue weighted by molar-refractivity contribution is 6.25. The number of rotatable bonds is 8. The molecule has 2 aliphatic heterocycles. The lowest BCUT2D eigenvalue weighted by atomic mass is 9.86. The monoisotopic (exact) mass is 612 g/mol. The largest absolute Gasteiger partial charge is 0.295 e. The molecule has 4 aromatic carbocycles. The van der Waals surface area contributed by atoms with Gasteiger partial charge in [0, 0.05) is 12.8 Å². The standard InChI is InChI=1S/C39H36N2O5/c1-21-15-23(3)31(24(4)16-21)19-33(40-36(43)27-11-7-8-12-28(27)37(40)44)35(42)34(20-32-25(5)17-22(2)18-26(32)6)41-38(45)29-13-9-10-14-30(29)39(41)46/h7-18,33-34H,19-20H2,1-6H3/t33-,34-/m0/s1. The van der Waals surface area contributed by atoms with E-state index in [0.717, 1.165) is 54.3 Å². The van der Waals surface area contributed by atoms with E-state index >= 15 is 4.79 Å². The van der Waals surface area contributed by atoms with E-state index < -0.39 is 41.5 Å². The second-order valence-corrected chi connectivity index (χ2v) is 12.6. The van der Waals surface area contributed by atoms with Crippen molar-refractivity contribution in [2.45, 2.75) is 66.5 Å². The van der Waals surface area contributed by atoms with E-state index in [1.807, 2.05) is 65.8 Å². The van der Waals surface area contributed by atoms with Crippen molar-refractivity contribution in [1.29, 1.82) is 0 Å². The van der Waals surface area contributed by atoms with Gasteiger partial charge in [0.25, 0.3) is 23.6 Å². The summed E-state index contributed by atoms with van der Waals surface area (Å²) in [6.07, 6.45) is 0.0988. The summed E-state index contributed by atoms with van der Waals surface area (Å²) in [6, 6.07) is 18.6. The molecule has 0 spiro atoms. The van der Waals surface area contributed by atoms with Crippen molar-refractivity contribution in [3.8, 4) is 0 Å². The minimum absolute atomic E-state index is 0.0494. The maximum Gasteiger partial charge on any atom is 0.262 e. The molecule has 2 aliphatic rings. The molecule has 0 aromatic heterocycles. The van der Waals surface area contributed by atoms with E-state index in [2.05, 4.69) is 0 Å². The molecule has 2 heterocycles.